The van der Waals surface area contributed by atoms with Crippen LogP contribution >= 0.6 is 23.5 Å². The number of hydrogen-bond acceptors (Lipinski definition) is 15. The molecular weight excluding hydrogens is 1020 g/mol. The van der Waals surface area contributed by atoms with Gasteiger partial charge in [0.25, 0.3) is 0 Å². The Balaban J connectivity index is 1.35. The molecule has 1 heterocycles. The van der Waals surface area contributed by atoms with Gasteiger partial charge in [-0.2, -0.15) is 11.8 Å². The summed E-state index contributed by atoms with van der Waals surface area (Å²) in [6, 6.07) is 12.9. The predicted octanol–water partition coefficient (Wildman–Crippen LogP) is 5.05. The SMILES string of the molecule is CC(C)(C)[C@H](c1cc(-c2cc(F)ccc2F)cn1Cc1ccccc1)N(CCCN)C(=O)CSC[C@H](CC(=O)CCOCCOCCOCCOCCCC(=O)CNC(=O)CC(SC[C@H](N)C(=O)O)C(=O)O)C(=O)O. The lowest BCUT2D eigenvalue weighted by Gasteiger charge is -2.41. The molecule has 2 aromatic carbocycles. The summed E-state index contributed by atoms with van der Waals surface area (Å²) in [5.74, 6) is -7.70. The summed E-state index contributed by atoms with van der Waals surface area (Å²) in [5, 5.41) is 29.3. The number of halogens is 2. The van der Waals surface area contributed by atoms with Gasteiger partial charge in [0.1, 0.15) is 28.7 Å². The number of ether oxygens (including phenoxy) is 4. The summed E-state index contributed by atoms with van der Waals surface area (Å²) in [6.45, 7) is 8.54. The van der Waals surface area contributed by atoms with Crippen molar-refractivity contribution >= 4 is 64.8 Å². The maximum absolute atomic E-state index is 15.2. The minimum absolute atomic E-state index is 0.00511. The number of aliphatic carboxylic acids is 3. The van der Waals surface area contributed by atoms with Gasteiger partial charge < -0.3 is 60.5 Å². The maximum Gasteiger partial charge on any atom is 0.321 e. The van der Waals surface area contributed by atoms with Crippen LogP contribution in [0, 0.1) is 23.0 Å². The van der Waals surface area contributed by atoms with Crippen LogP contribution in [0.4, 0.5) is 8.78 Å². The average molecular weight is 1090 g/mol. The van der Waals surface area contributed by atoms with Gasteiger partial charge >= 0.3 is 17.9 Å². The third-order valence-corrected chi connectivity index (χ3v) is 13.8. The van der Waals surface area contributed by atoms with E-state index in [0.717, 1.165) is 47.3 Å². The lowest BCUT2D eigenvalue weighted by Crippen LogP contribution is -2.44. The number of benzene rings is 2. The van der Waals surface area contributed by atoms with Crippen LogP contribution in [-0.4, -0.2) is 167 Å². The van der Waals surface area contributed by atoms with Crippen molar-refractivity contribution < 1.29 is 76.6 Å². The van der Waals surface area contributed by atoms with E-state index >= 15 is 4.39 Å². The van der Waals surface area contributed by atoms with Gasteiger partial charge in [-0.05, 0) is 54.6 Å². The number of amides is 2. The number of aromatic nitrogens is 1. The molecule has 0 radical (unpaired) electrons. The van der Waals surface area contributed by atoms with Gasteiger partial charge in [-0.1, -0.05) is 51.1 Å². The Bertz CT molecular complexity index is 2290. The normalized spacial score (nSPS) is 13.2. The predicted molar refractivity (Wildman–Crippen MR) is 280 cm³/mol. The van der Waals surface area contributed by atoms with Crippen molar-refractivity contribution in [2.75, 3.05) is 89.7 Å². The topological polar surface area (TPSA) is 289 Å². The van der Waals surface area contributed by atoms with Crippen molar-refractivity contribution in [2.45, 2.75) is 83.2 Å². The molecule has 3 rings (SSSR count). The number of carbonyl (C=O) groups excluding carboxylic acids is 4. The zero-order valence-electron chi connectivity index (χ0n) is 42.9. The number of carbonyl (C=O) groups is 7. The Morgan fingerprint density at radius 1 is 0.760 bits per heavy atom. The Kier molecular flexibility index (Phi) is 29.4. The summed E-state index contributed by atoms with van der Waals surface area (Å²) in [4.78, 5) is 87.5. The minimum atomic E-state index is -1.30. The average Bonchev–Trinajstić information content (AvgIpc) is 3.76. The third-order valence-electron chi connectivity index (χ3n) is 11.4. The number of carboxylic acids is 3. The quantitative estimate of drug-likeness (QED) is 0.0406. The number of nitrogens with one attached hydrogen (secondary N) is 1. The molecule has 75 heavy (non-hydrogen) atoms. The first-order chi connectivity index (χ1) is 35.7. The highest BCUT2D eigenvalue weighted by atomic mass is 32.2. The van der Waals surface area contributed by atoms with Crippen molar-refractivity contribution in [1.29, 1.82) is 0 Å². The van der Waals surface area contributed by atoms with Crippen LogP contribution < -0.4 is 16.8 Å². The molecule has 0 saturated carbocycles. The van der Waals surface area contributed by atoms with Crippen LogP contribution in [0.1, 0.15) is 76.6 Å². The number of hydrogen-bond donors (Lipinski definition) is 6. The zero-order chi connectivity index (χ0) is 55.3. The number of rotatable bonds is 40. The molecule has 4 atom stereocenters. The molecule has 416 valence electrons. The first-order valence-electron chi connectivity index (χ1n) is 24.6. The highest BCUT2D eigenvalue weighted by Gasteiger charge is 2.37. The maximum atomic E-state index is 15.2. The van der Waals surface area contributed by atoms with Crippen molar-refractivity contribution in [3.8, 4) is 11.1 Å². The fourth-order valence-electron chi connectivity index (χ4n) is 7.59. The van der Waals surface area contributed by atoms with Crippen molar-refractivity contribution in [3.63, 3.8) is 0 Å². The molecule has 1 aromatic heterocycles. The van der Waals surface area contributed by atoms with Gasteiger partial charge in [0.15, 0.2) is 5.78 Å². The van der Waals surface area contributed by atoms with E-state index in [-0.39, 0.29) is 126 Å². The number of nitrogens with two attached hydrogens (primary N) is 2. The molecule has 0 aliphatic carbocycles. The van der Waals surface area contributed by atoms with E-state index in [1.807, 2.05) is 55.7 Å². The molecule has 3 aromatic rings. The Morgan fingerprint density at radius 3 is 2.00 bits per heavy atom. The van der Waals surface area contributed by atoms with E-state index in [1.165, 1.54) is 0 Å². The van der Waals surface area contributed by atoms with Crippen molar-refractivity contribution in [3.05, 3.63) is 83.7 Å². The van der Waals surface area contributed by atoms with Gasteiger partial charge in [0.2, 0.25) is 11.8 Å². The first-order valence-corrected chi connectivity index (χ1v) is 26.8. The standard InChI is InChI=1S/C52H73F2N5O14S2/c1-52(2,3)48(44-26-36(41-27-38(53)12-13-42(41)54)31-58(44)30-35-9-5-4-6-10-35)59(16-8-15-55)47(63)34-74-32-37(49(64)65)25-39(60)14-18-71-20-22-73-24-23-72-21-19-70-17-7-11-40(61)29-57-46(62)28-45(51(68)69)75-33-43(56)50(66)67/h4-6,9-10,12-13,26-27,31,37,43,45,48H,7-8,11,14-25,28-30,32-34,55-56H2,1-3H3,(H,57,62)(H,64,65)(H,66,67)(H,68,69)/t37-,43-,45?,48-/m0/s1. The second kappa shape index (κ2) is 34.4. The Labute approximate surface area is 445 Å². The van der Waals surface area contributed by atoms with Crippen LogP contribution in [-0.2, 0) is 59.1 Å². The van der Waals surface area contributed by atoms with Crippen LogP contribution in [0.25, 0.3) is 11.1 Å². The minimum Gasteiger partial charge on any atom is -0.481 e. The molecule has 1 unspecified atom stereocenters. The molecule has 23 heteroatoms. The summed E-state index contributed by atoms with van der Waals surface area (Å²) < 4.78 is 53.4. The molecule has 0 aliphatic heterocycles. The smallest absolute Gasteiger partial charge is 0.321 e. The Morgan fingerprint density at radius 2 is 1.40 bits per heavy atom. The lowest BCUT2D eigenvalue weighted by molar-refractivity contribution is -0.143. The number of carboxylic acid groups (broad SMARTS) is 3. The molecule has 8 N–H and O–H groups in total. The van der Waals surface area contributed by atoms with E-state index in [0.29, 0.717) is 37.2 Å². The van der Waals surface area contributed by atoms with Crippen LogP contribution in [0.5, 0.6) is 0 Å². The molecular formula is C52H73F2N5O14S2. The molecule has 0 fully saturated rings. The van der Waals surface area contributed by atoms with Gasteiger partial charge in [0.05, 0.1) is 70.5 Å². The third kappa shape index (κ3) is 24.5. The zero-order valence-corrected chi connectivity index (χ0v) is 44.5. The fraction of sp³-hybridized carbons (Fsp3) is 0.558. The number of thioether (sulfide) groups is 2. The number of Topliss-reactive ketones (excluding diaryl/α,β-unsaturated/α-hetero) is 2. The lowest BCUT2D eigenvalue weighted by atomic mass is 9.83. The summed E-state index contributed by atoms with van der Waals surface area (Å²) >= 11 is 1.86. The van der Waals surface area contributed by atoms with Crippen LogP contribution in [0.2, 0.25) is 0 Å². The van der Waals surface area contributed by atoms with Crippen LogP contribution in [0.15, 0.2) is 60.8 Å². The van der Waals surface area contributed by atoms with Gasteiger partial charge in [-0.15, -0.1) is 11.8 Å². The number of ketones is 2. The van der Waals surface area contributed by atoms with E-state index in [1.54, 1.807) is 17.2 Å². The van der Waals surface area contributed by atoms with Gasteiger partial charge in [0, 0.05) is 79.9 Å². The van der Waals surface area contributed by atoms with E-state index < -0.39 is 70.5 Å². The first kappa shape index (κ1) is 64.0. The van der Waals surface area contributed by atoms with E-state index in [2.05, 4.69) is 5.32 Å². The molecule has 0 bridgehead atoms. The summed E-state index contributed by atoms with van der Waals surface area (Å²) in [6.07, 6.45) is 2.08. The summed E-state index contributed by atoms with van der Waals surface area (Å²) in [5.41, 5.74) is 13.0. The van der Waals surface area contributed by atoms with Gasteiger partial charge in [-0.25, -0.2) is 8.78 Å². The van der Waals surface area contributed by atoms with Gasteiger partial charge in [-0.3, -0.25) is 33.6 Å². The van der Waals surface area contributed by atoms with Crippen molar-refractivity contribution in [1.82, 2.24) is 14.8 Å². The highest BCUT2D eigenvalue weighted by Crippen LogP contribution is 2.41. The van der Waals surface area contributed by atoms with E-state index in [4.69, 9.17) is 35.5 Å². The highest BCUT2D eigenvalue weighted by molar-refractivity contribution is 8.00. The fourth-order valence-corrected chi connectivity index (χ4v) is 9.59. The molecule has 19 nitrogen and oxygen atoms in total. The molecule has 0 saturated heterocycles. The van der Waals surface area contributed by atoms with Crippen molar-refractivity contribution in [2.24, 2.45) is 22.8 Å². The summed E-state index contributed by atoms with van der Waals surface area (Å²) in [7, 11) is 0. The molecule has 0 spiro atoms. The molecule has 2 amide bonds. The second-order valence-electron chi connectivity index (χ2n) is 18.6. The largest absolute Gasteiger partial charge is 0.481 e. The Hall–Kier alpha value is -5.27. The van der Waals surface area contributed by atoms with E-state index in [9.17, 15) is 48.2 Å². The van der Waals surface area contributed by atoms with Crippen LogP contribution in [0.3, 0.4) is 0 Å². The number of nitrogens with zero attached hydrogens (tertiary/aromatic N) is 2. The molecule has 0 aliphatic rings. The second-order valence-corrected chi connectivity index (χ2v) is 20.9. The monoisotopic (exact) mass is 1090 g/mol.